The quantitative estimate of drug-likeness (QED) is 0.751. The molecule has 4 nitrogen and oxygen atoms in total. The summed E-state index contributed by atoms with van der Waals surface area (Å²) in [6, 6.07) is 5.51. The topological polar surface area (TPSA) is 49.4 Å². The second kappa shape index (κ2) is 7.92. The summed E-state index contributed by atoms with van der Waals surface area (Å²) < 4.78 is 26.8. The molecule has 5 heteroatoms. The van der Waals surface area contributed by atoms with Gasteiger partial charge in [0.05, 0.1) is 4.90 Å². The first-order chi connectivity index (χ1) is 9.80. The molecular formula is C16H28N2O2S. The largest absolute Gasteiger partial charge is 0.313 e. The molecule has 0 amide bonds. The Morgan fingerprint density at radius 2 is 1.95 bits per heavy atom. The van der Waals surface area contributed by atoms with Crippen molar-refractivity contribution in [3.8, 4) is 0 Å². The Labute approximate surface area is 129 Å². The number of benzene rings is 1. The van der Waals surface area contributed by atoms with Crippen LogP contribution >= 0.6 is 0 Å². The molecule has 1 rings (SSSR count). The minimum Gasteiger partial charge on any atom is -0.313 e. The summed E-state index contributed by atoms with van der Waals surface area (Å²) in [5.41, 5.74) is 1.89. The Bertz CT molecular complexity index is 553. The SMILES string of the molecule is CCCNCc1cccc(S(=O)(=O)N(C)CC(C)C)c1C. The van der Waals surface area contributed by atoms with Gasteiger partial charge in [-0.25, -0.2) is 12.7 Å². The van der Waals surface area contributed by atoms with Gasteiger partial charge in [-0.2, -0.15) is 0 Å². The molecule has 0 aliphatic carbocycles. The first kappa shape index (κ1) is 18.1. The fourth-order valence-electron chi connectivity index (χ4n) is 2.31. The molecule has 0 unspecified atom stereocenters. The van der Waals surface area contributed by atoms with Crippen LogP contribution in [0.3, 0.4) is 0 Å². The van der Waals surface area contributed by atoms with Crippen molar-refractivity contribution in [2.24, 2.45) is 5.92 Å². The molecule has 0 saturated heterocycles. The molecule has 0 spiro atoms. The normalized spacial score (nSPS) is 12.3. The Kier molecular flexibility index (Phi) is 6.84. The molecular weight excluding hydrogens is 284 g/mol. The summed E-state index contributed by atoms with van der Waals surface area (Å²) in [6.45, 7) is 10.2. The maximum atomic E-state index is 12.7. The highest BCUT2D eigenvalue weighted by Gasteiger charge is 2.24. The van der Waals surface area contributed by atoms with Crippen LogP contribution in [0.25, 0.3) is 0 Å². The Morgan fingerprint density at radius 1 is 1.29 bits per heavy atom. The minimum atomic E-state index is -3.41. The van der Waals surface area contributed by atoms with Crippen LogP contribution < -0.4 is 5.32 Å². The van der Waals surface area contributed by atoms with Gasteiger partial charge in [-0.1, -0.05) is 32.9 Å². The maximum Gasteiger partial charge on any atom is 0.243 e. The fraction of sp³-hybridized carbons (Fsp3) is 0.625. The number of nitrogens with one attached hydrogen (secondary N) is 1. The zero-order chi connectivity index (χ0) is 16.0. The average molecular weight is 312 g/mol. The first-order valence-corrected chi connectivity index (χ1v) is 9.00. The number of nitrogens with zero attached hydrogens (tertiary/aromatic N) is 1. The van der Waals surface area contributed by atoms with Gasteiger partial charge in [-0.3, -0.25) is 0 Å². The smallest absolute Gasteiger partial charge is 0.243 e. The van der Waals surface area contributed by atoms with E-state index in [1.54, 1.807) is 13.1 Å². The highest BCUT2D eigenvalue weighted by molar-refractivity contribution is 7.89. The van der Waals surface area contributed by atoms with Gasteiger partial charge in [0, 0.05) is 20.1 Å². The van der Waals surface area contributed by atoms with Crippen LogP contribution in [-0.2, 0) is 16.6 Å². The van der Waals surface area contributed by atoms with Gasteiger partial charge < -0.3 is 5.32 Å². The zero-order valence-corrected chi connectivity index (χ0v) is 14.6. The van der Waals surface area contributed by atoms with Crippen molar-refractivity contribution >= 4 is 10.0 Å². The van der Waals surface area contributed by atoms with Crippen LogP contribution in [0.2, 0.25) is 0 Å². The third kappa shape index (κ3) is 4.80. The van der Waals surface area contributed by atoms with Gasteiger partial charge in [-0.05, 0) is 43.0 Å². The lowest BCUT2D eigenvalue weighted by Crippen LogP contribution is -2.31. The zero-order valence-electron chi connectivity index (χ0n) is 13.8. The molecule has 0 saturated carbocycles. The van der Waals surface area contributed by atoms with Crippen molar-refractivity contribution in [1.29, 1.82) is 0 Å². The van der Waals surface area contributed by atoms with E-state index in [4.69, 9.17) is 0 Å². The van der Waals surface area contributed by atoms with Crippen molar-refractivity contribution in [2.75, 3.05) is 20.1 Å². The van der Waals surface area contributed by atoms with Gasteiger partial charge in [0.2, 0.25) is 10.0 Å². The monoisotopic (exact) mass is 312 g/mol. The van der Waals surface area contributed by atoms with Gasteiger partial charge in [0.15, 0.2) is 0 Å². The predicted molar refractivity (Wildman–Crippen MR) is 87.8 cm³/mol. The second-order valence-corrected chi connectivity index (χ2v) is 7.91. The number of hydrogen-bond acceptors (Lipinski definition) is 3. The summed E-state index contributed by atoms with van der Waals surface area (Å²) in [5.74, 6) is 0.305. The maximum absolute atomic E-state index is 12.7. The van der Waals surface area contributed by atoms with Crippen molar-refractivity contribution in [2.45, 2.75) is 45.6 Å². The molecule has 0 radical (unpaired) electrons. The van der Waals surface area contributed by atoms with Gasteiger partial charge in [-0.15, -0.1) is 0 Å². The fourth-order valence-corrected chi connectivity index (χ4v) is 3.91. The van der Waals surface area contributed by atoms with Crippen LogP contribution in [0, 0.1) is 12.8 Å². The second-order valence-electron chi connectivity index (χ2n) is 5.90. The Balaban J connectivity index is 3.04. The molecule has 0 heterocycles. The highest BCUT2D eigenvalue weighted by Crippen LogP contribution is 2.22. The Hall–Kier alpha value is -0.910. The molecule has 0 aliphatic rings. The number of hydrogen-bond donors (Lipinski definition) is 1. The molecule has 21 heavy (non-hydrogen) atoms. The van der Waals surface area contributed by atoms with E-state index < -0.39 is 10.0 Å². The molecule has 0 atom stereocenters. The number of sulfonamides is 1. The molecule has 0 aliphatic heterocycles. The van der Waals surface area contributed by atoms with Gasteiger partial charge >= 0.3 is 0 Å². The van der Waals surface area contributed by atoms with Crippen molar-refractivity contribution in [3.05, 3.63) is 29.3 Å². The minimum absolute atomic E-state index is 0.305. The van der Waals surface area contributed by atoms with E-state index in [9.17, 15) is 8.42 Å². The summed E-state index contributed by atoms with van der Waals surface area (Å²) >= 11 is 0. The number of rotatable bonds is 8. The van der Waals surface area contributed by atoms with Crippen molar-refractivity contribution in [3.63, 3.8) is 0 Å². The third-order valence-corrected chi connectivity index (χ3v) is 5.42. The van der Waals surface area contributed by atoms with E-state index in [1.807, 2.05) is 32.9 Å². The average Bonchev–Trinajstić information content (AvgIpc) is 2.40. The van der Waals surface area contributed by atoms with E-state index in [-0.39, 0.29) is 0 Å². The van der Waals surface area contributed by atoms with E-state index in [1.165, 1.54) is 4.31 Å². The lowest BCUT2D eigenvalue weighted by Gasteiger charge is -2.21. The molecule has 120 valence electrons. The summed E-state index contributed by atoms with van der Waals surface area (Å²) in [5, 5.41) is 3.32. The first-order valence-electron chi connectivity index (χ1n) is 7.56. The molecule has 1 aromatic rings. The van der Waals surface area contributed by atoms with E-state index in [2.05, 4.69) is 12.2 Å². The van der Waals surface area contributed by atoms with E-state index in [0.29, 0.717) is 23.9 Å². The predicted octanol–water partition coefficient (Wildman–Crippen LogP) is 2.77. The summed E-state index contributed by atoms with van der Waals surface area (Å²) in [4.78, 5) is 0.418. The van der Waals surface area contributed by atoms with Crippen LogP contribution in [-0.4, -0.2) is 32.9 Å². The van der Waals surface area contributed by atoms with Crippen LogP contribution in [0.4, 0.5) is 0 Å². The van der Waals surface area contributed by atoms with Crippen LogP contribution in [0.5, 0.6) is 0 Å². The Morgan fingerprint density at radius 3 is 2.52 bits per heavy atom. The molecule has 0 fully saturated rings. The van der Waals surface area contributed by atoms with Crippen molar-refractivity contribution < 1.29 is 8.42 Å². The standard InChI is InChI=1S/C16H28N2O2S/c1-6-10-17-11-15-8-7-9-16(14(15)4)21(19,20)18(5)12-13(2)3/h7-9,13,17H,6,10-12H2,1-5H3. The lowest BCUT2D eigenvalue weighted by molar-refractivity contribution is 0.417. The third-order valence-electron chi connectivity index (χ3n) is 3.45. The highest BCUT2D eigenvalue weighted by atomic mass is 32.2. The van der Waals surface area contributed by atoms with Crippen LogP contribution in [0.15, 0.2) is 23.1 Å². The van der Waals surface area contributed by atoms with E-state index >= 15 is 0 Å². The molecule has 0 aromatic heterocycles. The molecule has 0 bridgehead atoms. The van der Waals surface area contributed by atoms with Gasteiger partial charge in [0.25, 0.3) is 0 Å². The lowest BCUT2D eigenvalue weighted by atomic mass is 10.1. The van der Waals surface area contributed by atoms with E-state index in [0.717, 1.165) is 24.1 Å². The van der Waals surface area contributed by atoms with Gasteiger partial charge in [0.1, 0.15) is 0 Å². The molecule has 1 aromatic carbocycles. The molecule has 1 N–H and O–H groups in total. The summed E-state index contributed by atoms with van der Waals surface area (Å²) in [7, 11) is -1.76. The van der Waals surface area contributed by atoms with Crippen LogP contribution in [0.1, 0.15) is 38.3 Å². The van der Waals surface area contributed by atoms with Crippen molar-refractivity contribution in [1.82, 2.24) is 9.62 Å². The summed E-state index contributed by atoms with van der Waals surface area (Å²) in [6.07, 6.45) is 1.06.